The van der Waals surface area contributed by atoms with E-state index < -0.39 is 5.92 Å². The topological polar surface area (TPSA) is 81.3 Å². The lowest BCUT2D eigenvalue weighted by atomic mass is 9.94. The van der Waals surface area contributed by atoms with Crippen molar-refractivity contribution in [3.8, 4) is 0 Å². The molecule has 1 aliphatic heterocycles. The molecule has 3 heterocycles. The summed E-state index contributed by atoms with van der Waals surface area (Å²) in [5.41, 5.74) is 2.34. The molecule has 0 bridgehead atoms. The number of carbonyl (C=O) groups is 2. The molecular weight excluding hydrogens is 402 g/mol. The molecule has 2 fully saturated rings. The van der Waals surface area contributed by atoms with Crippen LogP contribution in [0.5, 0.6) is 0 Å². The lowest BCUT2D eigenvalue weighted by molar-refractivity contribution is -0.124. The maximum absolute atomic E-state index is 12.9. The summed E-state index contributed by atoms with van der Waals surface area (Å²) in [7, 11) is 0. The van der Waals surface area contributed by atoms with Crippen molar-refractivity contribution in [3.05, 3.63) is 54.7 Å². The van der Waals surface area contributed by atoms with Gasteiger partial charge in [0.05, 0.1) is 12.4 Å². The molecule has 2 aromatic heterocycles. The summed E-state index contributed by atoms with van der Waals surface area (Å²) in [5.74, 6) is -1.23. The second kappa shape index (κ2) is 9.10. The largest absolute Gasteiger partial charge is 0.347 e. The van der Waals surface area contributed by atoms with Gasteiger partial charge in [0.15, 0.2) is 0 Å². The van der Waals surface area contributed by atoms with Crippen LogP contribution in [-0.2, 0) is 22.7 Å². The predicted octanol–water partition coefficient (Wildman–Crippen LogP) is 3.83. The van der Waals surface area contributed by atoms with Crippen molar-refractivity contribution in [2.24, 2.45) is 4.99 Å². The van der Waals surface area contributed by atoms with Crippen LogP contribution in [0.15, 0.2) is 54.2 Å². The highest BCUT2D eigenvalue weighted by atomic mass is 16.2. The van der Waals surface area contributed by atoms with Crippen LogP contribution in [0.1, 0.15) is 56.4 Å². The minimum absolute atomic E-state index is 0.134. The number of amides is 2. The smallest absolute Gasteiger partial charge is 0.272 e. The van der Waals surface area contributed by atoms with Crippen LogP contribution in [0, 0.1) is 0 Å². The van der Waals surface area contributed by atoms with Crippen molar-refractivity contribution >= 4 is 28.4 Å². The zero-order chi connectivity index (χ0) is 21.9. The van der Waals surface area contributed by atoms with Gasteiger partial charge in [0, 0.05) is 42.6 Å². The zero-order valence-electron chi connectivity index (χ0n) is 18.2. The van der Waals surface area contributed by atoms with Crippen LogP contribution in [-0.4, -0.2) is 37.7 Å². The van der Waals surface area contributed by atoms with E-state index in [4.69, 9.17) is 4.99 Å². The third-order valence-electron chi connectivity index (χ3n) is 6.66. The quantitative estimate of drug-likeness (QED) is 0.476. The van der Waals surface area contributed by atoms with Gasteiger partial charge in [-0.05, 0) is 30.9 Å². The first-order valence-electron chi connectivity index (χ1n) is 11.7. The predicted molar refractivity (Wildman–Crippen MR) is 124 cm³/mol. The van der Waals surface area contributed by atoms with Crippen molar-refractivity contribution in [2.75, 3.05) is 0 Å². The summed E-state index contributed by atoms with van der Waals surface area (Å²) in [5, 5.41) is 3.54. The molecule has 1 saturated carbocycles. The second-order valence-corrected chi connectivity index (χ2v) is 8.86. The van der Waals surface area contributed by atoms with E-state index >= 15 is 0 Å². The monoisotopic (exact) mass is 431 g/mol. The molecule has 0 spiro atoms. The summed E-state index contributed by atoms with van der Waals surface area (Å²) in [6.07, 6.45) is 15.3. The van der Waals surface area contributed by atoms with Gasteiger partial charge < -0.3 is 9.13 Å². The van der Waals surface area contributed by atoms with E-state index in [-0.39, 0.29) is 17.9 Å². The summed E-state index contributed by atoms with van der Waals surface area (Å²) >= 11 is 0. The van der Waals surface area contributed by atoms with Gasteiger partial charge in [-0.15, -0.1) is 0 Å². The Bertz CT molecular complexity index is 1140. The molecule has 32 heavy (non-hydrogen) atoms. The van der Waals surface area contributed by atoms with E-state index in [9.17, 15) is 9.59 Å². The molecule has 5 rings (SSSR count). The lowest BCUT2D eigenvalue weighted by Crippen LogP contribution is -2.23. The third kappa shape index (κ3) is 4.11. The zero-order valence-corrected chi connectivity index (χ0v) is 18.2. The van der Waals surface area contributed by atoms with Crippen molar-refractivity contribution in [1.29, 1.82) is 0 Å². The fraction of sp³-hybridized carbons (Fsp3) is 0.440. The first kappa shape index (κ1) is 20.7. The molecule has 0 radical (unpaired) electrons. The molecule has 7 nitrogen and oxygen atoms in total. The average molecular weight is 432 g/mol. The number of carbonyl (C=O) groups excluding carboxylic acids is 2. The number of aryl methyl sites for hydroxylation is 2. The summed E-state index contributed by atoms with van der Waals surface area (Å²) < 4.78 is 4.26. The number of aromatic nitrogens is 3. The van der Waals surface area contributed by atoms with Gasteiger partial charge in [0.1, 0.15) is 11.6 Å². The third-order valence-corrected chi connectivity index (χ3v) is 6.66. The molecule has 1 atom stereocenters. The Labute approximate surface area is 187 Å². The molecule has 1 unspecified atom stereocenters. The number of nitrogens with zero attached hydrogens (tertiary/aromatic N) is 4. The van der Waals surface area contributed by atoms with E-state index in [1.807, 2.05) is 36.9 Å². The Balaban J connectivity index is 1.46. The Morgan fingerprint density at radius 3 is 2.66 bits per heavy atom. The van der Waals surface area contributed by atoms with Crippen LogP contribution < -0.4 is 5.32 Å². The minimum Gasteiger partial charge on any atom is -0.347 e. The lowest BCUT2D eigenvalue weighted by Gasteiger charge is -2.12. The van der Waals surface area contributed by atoms with Gasteiger partial charge in [-0.1, -0.05) is 43.9 Å². The summed E-state index contributed by atoms with van der Waals surface area (Å²) in [6, 6.07) is 8.25. The molecule has 7 heteroatoms. The number of imidazole rings is 1. The number of imide groups is 1. The molecule has 166 valence electrons. The minimum atomic E-state index is -0.634. The Morgan fingerprint density at radius 1 is 1.06 bits per heavy atom. The standard InChI is InChI=1S/C25H29N5O2/c31-24-22(23(25(32)28-24)27-18-8-3-1-2-4-9-18)20-16-30(21-11-6-5-10-19(20)21)14-7-13-29-15-12-26-17-29/h5-6,10-12,15-18,22H,1-4,7-9,13-14H2,(H,28,31,32). The second-order valence-electron chi connectivity index (χ2n) is 8.86. The van der Waals surface area contributed by atoms with E-state index in [0.29, 0.717) is 5.71 Å². The van der Waals surface area contributed by atoms with Crippen LogP contribution in [0.25, 0.3) is 10.9 Å². The number of rotatable bonds is 6. The molecule has 2 aliphatic rings. The number of hydrogen-bond acceptors (Lipinski definition) is 4. The van der Waals surface area contributed by atoms with Gasteiger partial charge in [-0.2, -0.15) is 0 Å². The van der Waals surface area contributed by atoms with Crippen molar-refractivity contribution in [1.82, 2.24) is 19.4 Å². The highest BCUT2D eigenvalue weighted by Crippen LogP contribution is 2.33. The summed E-state index contributed by atoms with van der Waals surface area (Å²) in [4.78, 5) is 34.6. The Hall–Kier alpha value is -3.22. The highest BCUT2D eigenvalue weighted by molar-refractivity contribution is 6.52. The van der Waals surface area contributed by atoms with Crippen molar-refractivity contribution in [3.63, 3.8) is 0 Å². The van der Waals surface area contributed by atoms with E-state index in [2.05, 4.69) is 25.5 Å². The molecule has 1 aliphatic carbocycles. The van der Waals surface area contributed by atoms with Crippen LogP contribution >= 0.6 is 0 Å². The fourth-order valence-corrected chi connectivity index (χ4v) is 5.04. The number of para-hydroxylation sites is 1. The SMILES string of the molecule is O=C1NC(=O)C(c2cn(CCCn3ccnc3)c3ccccc23)C1=NC1CCCCCC1. The number of aliphatic imine (C=N–C) groups is 1. The maximum atomic E-state index is 12.9. The van der Waals surface area contributed by atoms with E-state index in [1.165, 1.54) is 12.8 Å². The molecule has 3 aromatic rings. The Morgan fingerprint density at radius 2 is 1.88 bits per heavy atom. The van der Waals surface area contributed by atoms with Crippen LogP contribution in [0.2, 0.25) is 0 Å². The maximum Gasteiger partial charge on any atom is 0.272 e. The van der Waals surface area contributed by atoms with E-state index in [1.54, 1.807) is 6.20 Å². The first-order valence-corrected chi connectivity index (χ1v) is 11.7. The molecule has 2 amide bonds. The first-order chi connectivity index (χ1) is 15.7. The highest BCUT2D eigenvalue weighted by Gasteiger charge is 2.41. The normalized spacial score (nSPS) is 21.4. The molecule has 1 saturated heterocycles. The van der Waals surface area contributed by atoms with Gasteiger partial charge in [0.25, 0.3) is 5.91 Å². The number of benzene rings is 1. The molecular formula is C25H29N5O2. The summed E-state index contributed by atoms with van der Waals surface area (Å²) in [6.45, 7) is 1.69. The number of hydrogen-bond donors (Lipinski definition) is 1. The van der Waals surface area contributed by atoms with Crippen LogP contribution in [0.4, 0.5) is 0 Å². The number of fused-ring (bicyclic) bond motifs is 1. The fourth-order valence-electron chi connectivity index (χ4n) is 5.04. The van der Waals surface area contributed by atoms with Crippen molar-refractivity contribution < 1.29 is 9.59 Å². The van der Waals surface area contributed by atoms with Gasteiger partial charge in [-0.25, -0.2) is 4.98 Å². The van der Waals surface area contributed by atoms with Crippen molar-refractivity contribution in [2.45, 2.75) is 70.0 Å². The van der Waals surface area contributed by atoms with Crippen LogP contribution in [0.3, 0.4) is 0 Å². The van der Waals surface area contributed by atoms with E-state index in [0.717, 1.165) is 61.7 Å². The molecule has 1 aromatic carbocycles. The molecule has 1 N–H and O–H groups in total. The average Bonchev–Trinajstić information content (AvgIpc) is 3.43. The van der Waals surface area contributed by atoms with Gasteiger partial charge in [0.2, 0.25) is 5.91 Å². The number of nitrogens with one attached hydrogen (secondary N) is 1. The Kier molecular flexibility index (Phi) is 5.88. The van der Waals surface area contributed by atoms with Gasteiger partial charge in [-0.3, -0.25) is 19.9 Å². The van der Waals surface area contributed by atoms with Gasteiger partial charge >= 0.3 is 0 Å².